The van der Waals surface area contributed by atoms with Gasteiger partial charge in [-0.05, 0) is 37.6 Å². The molecular weight excluding hydrogens is 343 g/mol. The van der Waals surface area contributed by atoms with E-state index in [0.717, 1.165) is 18.4 Å². The third kappa shape index (κ3) is 4.97. The van der Waals surface area contributed by atoms with Crippen LogP contribution >= 0.6 is 7.60 Å². The number of ether oxygens (including phenoxy) is 2. The standard InChI is InChI=1S/C18H23O6P/c1-4-6-11-22-18(19)10-9-16-12-14-7-8-15(21-3)13-17(14)24-25(16,20)23-5-2/h7-10,12-13H,4-6,11H2,1-3H3/b10-9+. The van der Waals surface area contributed by atoms with Gasteiger partial charge in [0, 0.05) is 17.7 Å². The summed E-state index contributed by atoms with van der Waals surface area (Å²) in [6.07, 6.45) is 6.10. The summed E-state index contributed by atoms with van der Waals surface area (Å²) in [5.41, 5.74) is 0.728. The van der Waals surface area contributed by atoms with E-state index in [9.17, 15) is 9.36 Å². The molecule has 25 heavy (non-hydrogen) atoms. The molecule has 1 heterocycles. The number of allylic oxidation sites excluding steroid dienone is 2. The van der Waals surface area contributed by atoms with Crippen molar-refractivity contribution >= 4 is 19.6 Å². The van der Waals surface area contributed by atoms with Gasteiger partial charge in [0.1, 0.15) is 11.5 Å². The van der Waals surface area contributed by atoms with E-state index < -0.39 is 13.6 Å². The van der Waals surface area contributed by atoms with Crippen molar-refractivity contribution in [3.8, 4) is 11.5 Å². The highest BCUT2D eigenvalue weighted by Gasteiger charge is 2.34. The Morgan fingerprint density at radius 3 is 2.80 bits per heavy atom. The Balaban J connectivity index is 2.26. The molecule has 0 radical (unpaired) electrons. The average molecular weight is 366 g/mol. The van der Waals surface area contributed by atoms with Gasteiger partial charge >= 0.3 is 13.6 Å². The minimum absolute atomic E-state index is 0.211. The van der Waals surface area contributed by atoms with Crippen LogP contribution in [0.3, 0.4) is 0 Å². The van der Waals surface area contributed by atoms with Crippen molar-refractivity contribution in [2.24, 2.45) is 0 Å². The largest absolute Gasteiger partial charge is 0.497 e. The average Bonchev–Trinajstić information content (AvgIpc) is 2.59. The highest BCUT2D eigenvalue weighted by Crippen LogP contribution is 2.60. The molecule has 1 aliphatic rings. The van der Waals surface area contributed by atoms with Gasteiger partial charge in [0.15, 0.2) is 0 Å². The number of benzene rings is 1. The Labute approximate surface area is 148 Å². The van der Waals surface area contributed by atoms with E-state index in [1.165, 1.54) is 12.2 Å². The maximum absolute atomic E-state index is 13.0. The molecule has 0 aromatic heterocycles. The zero-order chi connectivity index (χ0) is 18.3. The first-order chi connectivity index (χ1) is 12.0. The molecule has 0 aliphatic carbocycles. The summed E-state index contributed by atoms with van der Waals surface area (Å²) in [5, 5.41) is 0.305. The third-order valence-corrected chi connectivity index (χ3v) is 5.44. The Kier molecular flexibility index (Phi) is 6.85. The molecule has 0 bridgehead atoms. The van der Waals surface area contributed by atoms with Crippen LogP contribution in [0.2, 0.25) is 0 Å². The topological polar surface area (TPSA) is 71.1 Å². The Hall–Kier alpha value is -2.04. The Bertz CT molecular complexity index is 722. The van der Waals surface area contributed by atoms with Crippen molar-refractivity contribution in [2.75, 3.05) is 20.3 Å². The fraction of sp³-hybridized carbons (Fsp3) is 0.389. The molecule has 1 atom stereocenters. The number of fused-ring (bicyclic) bond motifs is 1. The number of rotatable bonds is 8. The maximum Gasteiger partial charge on any atom is 0.410 e. The number of esters is 1. The molecule has 7 heteroatoms. The molecule has 2 rings (SSSR count). The van der Waals surface area contributed by atoms with Crippen molar-refractivity contribution in [1.29, 1.82) is 0 Å². The van der Waals surface area contributed by atoms with Crippen LogP contribution in [0.1, 0.15) is 32.3 Å². The lowest BCUT2D eigenvalue weighted by atomic mass is 10.1. The first-order valence-corrected chi connectivity index (χ1v) is 9.76. The first-order valence-electron chi connectivity index (χ1n) is 8.21. The second-order valence-corrected chi connectivity index (χ2v) is 7.29. The van der Waals surface area contributed by atoms with Gasteiger partial charge in [-0.2, -0.15) is 0 Å². The molecule has 1 aromatic rings. The van der Waals surface area contributed by atoms with E-state index >= 15 is 0 Å². The van der Waals surface area contributed by atoms with Crippen molar-refractivity contribution in [3.63, 3.8) is 0 Å². The summed E-state index contributed by atoms with van der Waals surface area (Å²) < 4.78 is 34.3. The summed E-state index contributed by atoms with van der Waals surface area (Å²) in [5.74, 6) is 0.519. The van der Waals surface area contributed by atoms with Gasteiger partial charge in [0.05, 0.1) is 25.6 Å². The smallest absolute Gasteiger partial charge is 0.410 e. The van der Waals surface area contributed by atoms with Crippen LogP contribution in [-0.4, -0.2) is 26.3 Å². The maximum atomic E-state index is 13.0. The summed E-state index contributed by atoms with van der Waals surface area (Å²) >= 11 is 0. The SMILES string of the molecule is CCCCOC(=O)/C=C/C1=Cc2ccc(OC)cc2OP1(=O)OCC. The molecule has 0 spiro atoms. The number of carbonyl (C=O) groups excluding carboxylic acids is 1. The zero-order valence-corrected chi connectivity index (χ0v) is 15.6. The number of hydrogen-bond donors (Lipinski definition) is 0. The summed E-state index contributed by atoms with van der Waals surface area (Å²) in [4.78, 5) is 11.7. The summed E-state index contributed by atoms with van der Waals surface area (Å²) in [7, 11) is -2.02. The molecule has 0 fully saturated rings. The van der Waals surface area contributed by atoms with E-state index in [4.69, 9.17) is 18.5 Å². The lowest BCUT2D eigenvalue weighted by Crippen LogP contribution is -2.06. The van der Waals surface area contributed by atoms with Gasteiger partial charge in [0.2, 0.25) is 0 Å². The van der Waals surface area contributed by atoms with Gasteiger partial charge in [0.25, 0.3) is 0 Å². The van der Waals surface area contributed by atoms with Crippen molar-refractivity contribution in [3.05, 3.63) is 41.2 Å². The van der Waals surface area contributed by atoms with Gasteiger partial charge in [-0.1, -0.05) is 13.3 Å². The molecule has 1 aromatic carbocycles. The number of hydrogen-bond acceptors (Lipinski definition) is 6. The van der Waals surface area contributed by atoms with Crippen LogP contribution < -0.4 is 9.26 Å². The van der Waals surface area contributed by atoms with Crippen LogP contribution in [0.25, 0.3) is 6.08 Å². The zero-order valence-electron chi connectivity index (χ0n) is 14.7. The fourth-order valence-corrected chi connectivity index (χ4v) is 3.81. The molecule has 0 saturated heterocycles. The lowest BCUT2D eigenvalue weighted by molar-refractivity contribution is -0.137. The number of unbranched alkanes of at least 4 members (excludes halogenated alkanes) is 1. The van der Waals surface area contributed by atoms with Crippen molar-refractivity contribution in [2.45, 2.75) is 26.7 Å². The fourth-order valence-electron chi connectivity index (χ4n) is 2.19. The Morgan fingerprint density at radius 1 is 1.32 bits per heavy atom. The minimum Gasteiger partial charge on any atom is -0.497 e. The molecule has 1 unspecified atom stereocenters. The number of methoxy groups -OCH3 is 1. The van der Waals surface area contributed by atoms with Gasteiger partial charge < -0.3 is 14.0 Å². The highest BCUT2D eigenvalue weighted by atomic mass is 31.2. The van der Waals surface area contributed by atoms with Crippen molar-refractivity contribution < 1.29 is 27.9 Å². The minimum atomic E-state index is -3.56. The van der Waals surface area contributed by atoms with Crippen LogP contribution in [0.4, 0.5) is 0 Å². The van der Waals surface area contributed by atoms with E-state index in [0.29, 0.717) is 23.4 Å². The molecule has 0 saturated carbocycles. The van der Waals surface area contributed by atoms with Crippen LogP contribution in [-0.2, 0) is 18.6 Å². The summed E-state index contributed by atoms with van der Waals surface area (Å²) in [6, 6.07) is 5.21. The van der Waals surface area contributed by atoms with Gasteiger partial charge in [-0.15, -0.1) is 0 Å². The quantitative estimate of drug-likeness (QED) is 0.291. The van der Waals surface area contributed by atoms with E-state index in [1.54, 1.807) is 38.3 Å². The lowest BCUT2D eigenvalue weighted by Gasteiger charge is -2.25. The van der Waals surface area contributed by atoms with Gasteiger partial charge in [-0.25, -0.2) is 9.36 Å². The van der Waals surface area contributed by atoms with Gasteiger partial charge in [-0.3, -0.25) is 4.52 Å². The predicted octanol–water partition coefficient (Wildman–Crippen LogP) is 4.56. The highest BCUT2D eigenvalue weighted by molar-refractivity contribution is 7.59. The van der Waals surface area contributed by atoms with E-state index in [-0.39, 0.29) is 6.61 Å². The molecule has 136 valence electrons. The molecule has 0 amide bonds. The van der Waals surface area contributed by atoms with E-state index in [1.807, 2.05) is 6.92 Å². The molecule has 0 N–H and O–H groups in total. The monoisotopic (exact) mass is 366 g/mol. The van der Waals surface area contributed by atoms with Crippen molar-refractivity contribution in [1.82, 2.24) is 0 Å². The van der Waals surface area contributed by atoms with E-state index in [2.05, 4.69) is 0 Å². The first kappa shape index (κ1) is 19.3. The second kappa shape index (κ2) is 8.88. The predicted molar refractivity (Wildman–Crippen MR) is 95.8 cm³/mol. The Morgan fingerprint density at radius 2 is 2.12 bits per heavy atom. The second-order valence-electron chi connectivity index (χ2n) is 5.33. The van der Waals surface area contributed by atoms with Crippen LogP contribution in [0.15, 0.2) is 35.7 Å². The molecule has 1 aliphatic heterocycles. The summed E-state index contributed by atoms with van der Waals surface area (Å²) in [6.45, 7) is 4.31. The van der Waals surface area contributed by atoms with Crippen LogP contribution in [0.5, 0.6) is 11.5 Å². The van der Waals surface area contributed by atoms with Crippen LogP contribution in [0, 0.1) is 0 Å². The number of carbonyl (C=O) groups is 1. The third-order valence-electron chi connectivity index (χ3n) is 3.49. The molecule has 6 nitrogen and oxygen atoms in total. The molecular formula is C18H23O6P. The normalized spacial score (nSPS) is 19.1.